The van der Waals surface area contributed by atoms with Crippen molar-refractivity contribution in [3.8, 4) is 0 Å². The normalized spacial score (nSPS) is 15.9. The summed E-state index contributed by atoms with van der Waals surface area (Å²) in [6.07, 6.45) is 3.29. The molecular weight excluding hydrogens is 294 g/mol. The highest BCUT2D eigenvalue weighted by atomic mass is 32.2. The summed E-state index contributed by atoms with van der Waals surface area (Å²) in [6.45, 7) is 2.13. The van der Waals surface area contributed by atoms with Crippen LogP contribution in [0.4, 0.5) is 0 Å². The molecule has 114 valence electrons. The lowest BCUT2D eigenvalue weighted by Crippen LogP contribution is -2.26. The minimum absolute atomic E-state index is 0.412. The van der Waals surface area contributed by atoms with Crippen LogP contribution in [0.25, 0.3) is 0 Å². The van der Waals surface area contributed by atoms with Crippen molar-refractivity contribution in [1.29, 1.82) is 0 Å². The van der Waals surface area contributed by atoms with Gasteiger partial charge in [0.15, 0.2) is 0 Å². The smallest absolute Gasteiger partial charge is 0.250 e. The van der Waals surface area contributed by atoms with Crippen molar-refractivity contribution in [2.45, 2.75) is 36.1 Å². The first kappa shape index (κ1) is 15.9. The predicted octanol–water partition coefficient (Wildman–Crippen LogP) is 1.23. The summed E-state index contributed by atoms with van der Waals surface area (Å²) in [4.78, 5) is 3.12. The number of nitrogens with zero attached hydrogens (tertiary/aromatic N) is 1. The third kappa shape index (κ3) is 5.14. The molecule has 0 amide bonds. The minimum atomic E-state index is -3.34. The molecule has 0 saturated heterocycles. The minimum Gasteiger partial charge on any atom is -0.309 e. The highest BCUT2D eigenvalue weighted by molar-refractivity contribution is 7.91. The Morgan fingerprint density at radius 2 is 2.10 bits per heavy atom. The molecule has 0 bridgehead atoms. The topological polar surface area (TPSA) is 61.4 Å². The second-order valence-electron chi connectivity index (χ2n) is 5.43. The van der Waals surface area contributed by atoms with Gasteiger partial charge in [-0.05, 0) is 52.0 Å². The summed E-state index contributed by atoms with van der Waals surface area (Å²) in [5.74, 6) is 0. The standard InChI is InChI=1S/C13H23N3O2S2/c1-16(2)9-3-8-15-20(17,18)13-7-6-12(19-13)10-14-11-4-5-11/h6-7,11,14-15H,3-5,8-10H2,1-2H3. The van der Waals surface area contributed by atoms with Crippen LogP contribution in [-0.4, -0.2) is 46.5 Å². The van der Waals surface area contributed by atoms with Gasteiger partial charge in [0.2, 0.25) is 10.0 Å². The Morgan fingerprint density at radius 3 is 2.75 bits per heavy atom. The first-order valence-corrected chi connectivity index (χ1v) is 9.24. The van der Waals surface area contributed by atoms with Crippen molar-refractivity contribution in [2.75, 3.05) is 27.2 Å². The fourth-order valence-corrected chi connectivity index (χ4v) is 4.23. The molecule has 2 rings (SSSR count). The lowest BCUT2D eigenvalue weighted by molar-refractivity contribution is 0.400. The molecule has 2 N–H and O–H groups in total. The Labute approximate surface area is 125 Å². The number of sulfonamides is 1. The number of nitrogens with one attached hydrogen (secondary N) is 2. The van der Waals surface area contributed by atoms with Crippen LogP contribution in [0, 0.1) is 0 Å². The predicted molar refractivity (Wildman–Crippen MR) is 82.5 cm³/mol. The average molecular weight is 317 g/mol. The summed E-state index contributed by atoms with van der Waals surface area (Å²) in [7, 11) is 0.620. The summed E-state index contributed by atoms with van der Waals surface area (Å²) in [5, 5.41) is 3.39. The van der Waals surface area contributed by atoms with Gasteiger partial charge in [-0.2, -0.15) is 0 Å². The Bertz CT molecular complexity index is 521. The van der Waals surface area contributed by atoms with E-state index in [1.165, 1.54) is 24.2 Å². The van der Waals surface area contributed by atoms with E-state index < -0.39 is 10.0 Å². The number of rotatable bonds is 9. The molecule has 1 aromatic heterocycles. The zero-order valence-electron chi connectivity index (χ0n) is 12.1. The van der Waals surface area contributed by atoms with E-state index in [0.29, 0.717) is 16.8 Å². The first-order valence-electron chi connectivity index (χ1n) is 6.94. The molecule has 1 fully saturated rings. The van der Waals surface area contributed by atoms with Crippen molar-refractivity contribution in [3.05, 3.63) is 17.0 Å². The maximum absolute atomic E-state index is 12.1. The van der Waals surface area contributed by atoms with Crippen molar-refractivity contribution in [1.82, 2.24) is 14.9 Å². The van der Waals surface area contributed by atoms with E-state index in [0.717, 1.165) is 24.4 Å². The van der Waals surface area contributed by atoms with Gasteiger partial charge in [0.1, 0.15) is 4.21 Å². The maximum Gasteiger partial charge on any atom is 0.250 e. The molecule has 5 nitrogen and oxygen atoms in total. The fourth-order valence-electron chi connectivity index (χ4n) is 1.80. The summed E-state index contributed by atoms with van der Waals surface area (Å²) in [6, 6.07) is 4.23. The molecule has 0 aliphatic heterocycles. The van der Waals surface area contributed by atoms with E-state index in [9.17, 15) is 8.42 Å². The monoisotopic (exact) mass is 317 g/mol. The fraction of sp³-hybridized carbons (Fsp3) is 0.692. The van der Waals surface area contributed by atoms with Crippen molar-refractivity contribution in [2.24, 2.45) is 0 Å². The van der Waals surface area contributed by atoms with Crippen LogP contribution >= 0.6 is 11.3 Å². The molecule has 1 aromatic rings. The van der Waals surface area contributed by atoms with E-state index in [1.807, 2.05) is 25.1 Å². The Hall–Kier alpha value is -0.470. The molecule has 1 heterocycles. The largest absolute Gasteiger partial charge is 0.309 e. The molecule has 0 spiro atoms. The molecule has 0 radical (unpaired) electrons. The van der Waals surface area contributed by atoms with Crippen LogP contribution in [0.2, 0.25) is 0 Å². The van der Waals surface area contributed by atoms with E-state index in [4.69, 9.17) is 0 Å². The van der Waals surface area contributed by atoms with Gasteiger partial charge in [0.25, 0.3) is 0 Å². The van der Waals surface area contributed by atoms with Gasteiger partial charge >= 0.3 is 0 Å². The van der Waals surface area contributed by atoms with Gasteiger partial charge in [0.05, 0.1) is 0 Å². The van der Waals surface area contributed by atoms with Gasteiger partial charge in [-0.25, -0.2) is 13.1 Å². The molecule has 1 saturated carbocycles. The van der Waals surface area contributed by atoms with Crippen LogP contribution in [0.1, 0.15) is 24.1 Å². The quantitative estimate of drug-likeness (QED) is 0.673. The molecule has 1 aliphatic rings. The Morgan fingerprint density at radius 1 is 1.35 bits per heavy atom. The van der Waals surface area contributed by atoms with Crippen LogP contribution < -0.4 is 10.0 Å². The number of thiophene rings is 1. The first-order chi connectivity index (χ1) is 9.47. The molecule has 7 heteroatoms. The van der Waals surface area contributed by atoms with Gasteiger partial charge in [0, 0.05) is 24.0 Å². The zero-order chi connectivity index (χ0) is 14.6. The van der Waals surface area contributed by atoms with Crippen LogP contribution in [-0.2, 0) is 16.6 Å². The number of hydrogen-bond acceptors (Lipinski definition) is 5. The highest BCUT2D eigenvalue weighted by Gasteiger charge is 2.21. The van der Waals surface area contributed by atoms with Crippen molar-refractivity contribution in [3.63, 3.8) is 0 Å². The second-order valence-corrected chi connectivity index (χ2v) is 8.59. The van der Waals surface area contributed by atoms with E-state index >= 15 is 0 Å². The third-order valence-electron chi connectivity index (χ3n) is 3.12. The molecule has 0 aromatic carbocycles. The summed E-state index contributed by atoms with van der Waals surface area (Å²) < 4.78 is 27.3. The Balaban J connectivity index is 1.81. The summed E-state index contributed by atoms with van der Waals surface area (Å²) >= 11 is 1.35. The molecular formula is C13H23N3O2S2. The lowest BCUT2D eigenvalue weighted by atomic mass is 10.4. The van der Waals surface area contributed by atoms with Crippen LogP contribution in [0.3, 0.4) is 0 Å². The van der Waals surface area contributed by atoms with Gasteiger partial charge in [-0.1, -0.05) is 0 Å². The van der Waals surface area contributed by atoms with E-state index in [1.54, 1.807) is 6.07 Å². The van der Waals surface area contributed by atoms with E-state index in [-0.39, 0.29) is 0 Å². The van der Waals surface area contributed by atoms with E-state index in [2.05, 4.69) is 10.0 Å². The van der Waals surface area contributed by atoms with Crippen LogP contribution in [0.15, 0.2) is 16.3 Å². The molecule has 1 aliphatic carbocycles. The molecule has 20 heavy (non-hydrogen) atoms. The van der Waals surface area contributed by atoms with Gasteiger partial charge < -0.3 is 10.2 Å². The second kappa shape index (κ2) is 7.00. The third-order valence-corrected chi connectivity index (χ3v) is 6.16. The zero-order valence-corrected chi connectivity index (χ0v) is 13.7. The Kier molecular flexibility index (Phi) is 5.57. The van der Waals surface area contributed by atoms with Crippen LogP contribution in [0.5, 0.6) is 0 Å². The molecule has 0 atom stereocenters. The summed E-state index contributed by atoms with van der Waals surface area (Å²) in [5.41, 5.74) is 0. The maximum atomic E-state index is 12.1. The number of hydrogen-bond donors (Lipinski definition) is 2. The van der Waals surface area contributed by atoms with Crippen molar-refractivity contribution < 1.29 is 8.42 Å². The van der Waals surface area contributed by atoms with Gasteiger partial charge in [-0.15, -0.1) is 11.3 Å². The molecule has 0 unspecified atom stereocenters. The average Bonchev–Trinajstić information content (AvgIpc) is 3.08. The lowest BCUT2D eigenvalue weighted by Gasteiger charge is -2.09. The SMILES string of the molecule is CN(C)CCCNS(=O)(=O)c1ccc(CNC2CC2)s1. The van der Waals surface area contributed by atoms with Crippen molar-refractivity contribution >= 4 is 21.4 Å². The highest BCUT2D eigenvalue weighted by Crippen LogP contribution is 2.24. The van der Waals surface area contributed by atoms with Gasteiger partial charge in [-0.3, -0.25) is 0 Å².